The predicted molar refractivity (Wildman–Crippen MR) is 70.4 cm³/mol. The predicted octanol–water partition coefficient (Wildman–Crippen LogP) is 1.56. The Morgan fingerprint density at radius 3 is 2.67 bits per heavy atom. The fraction of sp³-hybridized carbons (Fsp3) is 0.583. The summed E-state index contributed by atoms with van der Waals surface area (Å²) in [6.07, 6.45) is 0. The number of aryl methyl sites for hydroxylation is 1. The number of nitriles is 1. The lowest BCUT2D eigenvalue weighted by atomic mass is 10.1. The summed E-state index contributed by atoms with van der Waals surface area (Å²) in [5.74, 6) is 2.00. The molecule has 0 atom stereocenters. The van der Waals surface area contributed by atoms with E-state index in [0.29, 0.717) is 24.8 Å². The molecule has 6 heteroatoms. The van der Waals surface area contributed by atoms with E-state index in [1.54, 1.807) is 27.0 Å². The minimum Gasteiger partial charge on any atom is -0.383 e. The van der Waals surface area contributed by atoms with Crippen molar-refractivity contribution in [2.45, 2.75) is 26.3 Å². The van der Waals surface area contributed by atoms with Gasteiger partial charge < -0.3 is 15.4 Å². The summed E-state index contributed by atoms with van der Waals surface area (Å²) in [6.45, 7) is 6.68. The number of nitrogens with one attached hydrogen (secondary N) is 2. The van der Waals surface area contributed by atoms with Gasteiger partial charge in [0.05, 0.1) is 12.7 Å². The molecule has 6 nitrogen and oxygen atoms in total. The van der Waals surface area contributed by atoms with Crippen molar-refractivity contribution >= 4 is 11.6 Å². The first-order valence-corrected chi connectivity index (χ1v) is 5.75. The maximum absolute atomic E-state index is 8.98. The second-order valence-corrected chi connectivity index (χ2v) is 4.47. The van der Waals surface area contributed by atoms with Crippen molar-refractivity contribution < 1.29 is 4.74 Å². The first-order valence-electron chi connectivity index (χ1n) is 5.75. The van der Waals surface area contributed by atoms with E-state index in [2.05, 4.69) is 26.7 Å². The second kappa shape index (κ2) is 6.17. The smallest absolute Gasteiger partial charge is 0.133 e. The van der Waals surface area contributed by atoms with Crippen LogP contribution in [0.25, 0.3) is 0 Å². The lowest BCUT2D eigenvalue weighted by Crippen LogP contribution is -2.29. The fourth-order valence-corrected chi connectivity index (χ4v) is 1.35. The van der Waals surface area contributed by atoms with E-state index in [1.807, 2.05) is 6.92 Å². The highest BCUT2D eigenvalue weighted by Gasteiger charge is 2.17. The van der Waals surface area contributed by atoms with Gasteiger partial charge in [-0.3, -0.25) is 0 Å². The van der Waals surface area contributed by atoms with Gasteiger partial charge >= 0.3 is 0 Å². The third kappa shape index (κ3) is 4.55. The molecular weight excluding hydrogens is 230 g/mol. The largest absolute Gasteiger partial charge is 0.383 e. The van der Waals surface area contributed by atoms with Crippen LogP contribution in [0.3, 0.4) is 0 Å². The zero-order chi connectivity index (χ0) is 13.6. The van der Waals surface area contributed by atoms with E-state index < -0.39 is 5.54 Å². The topological polar surface area (TPSA) is 82.9 Å². The summed E-state index contributed by atoms with van der Waals surface area (Å²) in [4.78, 5) is 8.51. The Bertz CT molecular complexity index is 439. The molecule has 0 fully saturated rings. The van der Waals surface area contributed by atoms with Crippen LogP contribution >= 0.6 is 0 Å². The number of ether oxygens (including phenoxy) is 1. The van der Waals surface area contributed by atoms with Crippen LogP contribution in [-0.2, 0) is 4.74 Å². The molecule has 0 aliphatic rings. The molecule has 0 aliphatic carbocycles. The van der Waals surface area contributed by atoms with Crippen molar-refractivity contribution in [1.82, 2.24) is 9.97 Å². The average molecular weight is 249 g/mol. The van der Waals surface area contributed by atoms with E-state index in [9.17, 15) is 0 Å². The number of hydrogen-bond donors (Lipinski definition) is 2. The maximum atomic E-state index is 8.98. The highest BCUT2D eigenvalue weighted by atomic mass is 16.5. The fourth-order valence-electron chi connectivity index (χ4n) is 1.35. The molecule has 0 radical (unpaired) electrons. The molecule has 2 N–H and O–H groups in total. The molecule has 0 unspecified atom stereocenters. The van der Waals surface area contributed by atoms with Gasteiger partial charge in [-0.15, -0.1) is 0 Å². The molecule has 18 heavy (non-hydrogen) atoms. The Balaban J connectivity index is 2.78. The van der Waals surface area contributed by atoms with Crippen molar-refractivity contribution in [2.24, 2.45) is 0 Å². The molecule has 98 valence electrons. The highest BCUT2D eigenvalue weighted by Crippen LogP contribution is 2.15. The van der Waals surface area contributed by atoms with Gasteiger partial charge in [-0.25, -0.2) is 9.97 Å². The minimum atomic E-state index is -0.662. The van der Waals surface area contributed by atoms with Gasteiger partial charge in [-0.05, 0) is 20.8 Å². The van der Waals surface area contributed by atoms with Crippen molar-refractivity contribution in [3.05, 3.63) is 11.9 Å². The van der Waals surface area contributed by atoms with E-state index in [1.165, 1.54) is 0 Å². The highest BCUT2D eigenvalue weighted by molar-refractivity contribution is 5.49. The van der Waals surface area contributed by atoms with E-state index >= 15 is 0 Å². The molecule has 1 aromatic heterocycles. The van der Waals surface area contributed by atoms with Crippen molar-refractivity contribution in [3.63, 3.8) is 0 Å². The van der Waals surface area contributed by atoms with Crippen LogP contribution in [-0.4, -0.2) is 35.8 Å². The van der Waals surface area contributed by atoms with Crippen LogP contribution < -0.4 is 10.6 Å². The van der Waals surface area contributed by atoms with Crippen molar-refractivity contribution in [2.75, 3.05) is 30.9 Å². The maximum Gasteiger partial charge on any atom is 0.133 e. The Labute approximate surface area is 107 Å². The van der Waals surface area contributed by atoms with Crippen LogP contribution in [0, 0.1) is 18.3 Å². The summed E-state index contributed by atoms with van der Waals surface area (Å²) in [5.41, 5.74) is -0.662. The molecule has 1 heterocycles. The van der Waals surface area contributed by atoms with Crippen LogP contribution in [0.2, 0.25) is 0 Å². The normalized spacial score (nSPS) is 10.8. The Hall–Kier alpha value is -1.87. The summed E-state index contributed by atoms with van der Waals surface area (Å²) < 4.78 is 4.96. The summed E-state index contributed by atoms with van der Waals surface area (Å²) in [6, 6.07) is 3.95. The quantitative estimate of drug-likeness (QED) is 0.744. The zero-order valence-electron chi connectivity index (χ0n) is 11.2. The van der Waals surface area contributed by atoms with Gasteiger partial charge in [0.2, 0.25) is 0 Å². The van der Waals surface area contributed by atoms with Crippen LogP contribution in [0.5, 0.6) is 0 Å². The molecule has 0 spiro atoms. The molecule has 0 amide bonds. The van der Waals surface area contributed by atoms with Gasteiger partial charge in [0.25, 0.3) is 0 Å². The number of aromatic nitrogens is 2. The third-order valence-corrected chi connectivity index (χ3v) is 2.17. The molecule has 1 rings (SSSR count). The third-order valence-electron chi connectivity index (χ3n) is 2.17. The number of anilines is 2. The number of hydrogen-bond acceptors (Lipinski definition) is 6. The molecular formula is C12H19N5O. The summed E-state index contributed by atoms with van der Waals surface area (Å²) in [7, 11) is 1.65. The first kappa shape index (κ1) is 14.2. The van der Waals surface area contributed by atoms with Crippen LogP contribution in [0.4, 0.5) is 11.6 Å². The summed E-state index contributed by atoms with van der Waals surface area (Å²) in [5, 5.41) is 15.2. The number of rotatable bonds is 6. The number of nitrogens with zero attached hydrogens (tertiary/aromatic N) is 3. The Morgan fingerprint density at radius 1 is 1.39 bits per heavy atom. The lowest BCUT2D eigenvalue weighted by molar-refractivity contribution is 0.210. The van der Waals surface area contributed by atoms with E-state index in [4.69, 9.17) is 10.00 Å². The van der Waals surface area contributed by atoms with Gasteiger partial charge in [0.1, 0.15) is 23.0 Å². The van der Waals surface area contributed by atoms with E-state index in [-0.39, 0.29) is 0 Å². The second-order valence-electron chi connectivity index (χ2n) is 4.47. The Morgan fingerprint density at radius 2 is 2.06 bits per heavy atom. The van der Waals surface area contributed by atoms with Crippen molar-refractivity contribution in [3.8, 4) is 6.07 Å². The Kier molecular flexibility index (Phi) is 4.86. The van der Waals surface area contributed by atoms with Crippen molar-refractivity contribution in [1.29, 1.82) is 5.26 Å². The molecule has 0 saturated heterocycles. The SMILES string of the molecule is COCCNc1cc(NC(C)(C)C#N)nc(C)n1. The minimum absolute atomic E-state index is 0.607. The van der Waals surface area contributed by atoms with Gasteiger partial charge in [-0.2, -0.15) is 5.26 Å². The molecule has 0 bridgehead atoms. The molecule has 1 aromatic rings. The monoisotopic (exact) mass is 249 g/mol. The van der Waals surface area contributed by atoms with Crippen LogP contribution in [0.1, 0.15) is 19.7 Å². The standard InChI is InChI=1S/C12H19N5O/c1-9-15-10(14-5-6-18-4)7-11(16-9)17-12(2,3)8-13/h7H,5-6H2,1-4H3,(H2,14,15,16,17). The zero-order valence-corrected chi connectivity index (χ0v) is 11.2. The van der Waals surface area contributed by atoms with Crippen LogP contribution in [0.15, 0.2) is 6.07 Å². The van der Waals surface area contributed by atoms with Gasteiger partial charge in [-0.1, -0.05) is 0 Å². The summed E-state index contributed by atoms with van der Waals surface area (Å²) >= 11 is 0. The van der Waals surface area contributed by atoms with Gasteiger partial charge in [0.15, 0.2) is 0 Å². The van der Waals surface area contributed by atoms with Gasteiger partial charge in [0, 0.05) is 19.7 Å². The number of methoxy groups -OCH3 is 1. The first-order chi connectivity index (χ1) is 8.46. The molecule has 0 aromatic carbocycles. The molecule has 0 saturated carbocycles. The lowest BCUT2D eigenvalue weighted by Gasteiger charge is -2.19. The average Bonchev–Trinajstić information content (AvgIpc) is 2.28. The molecule has 0 aliphatic heterocycles. The van der Waals surface area contributed by atoms with E-state index in [0.717, 1.165) is 5.82 Å².